The van der Waals surface area contributed by atoms with Gasteiger partial charge in [-0.3, -0.25) is 14.9 Å². The van der Waals surface area contributed by atoms with Gasteiger partial charge in [0.05, 0.1) is 18.4 Å². The Hall–Kier alpha value is -2.49. The number of carbonyl (C=O) groups is 2. The molecule has 0 spiro atoms. The van der Waals surface area contributed by atoms with E-state index in [1.54, 1.807) is 12.1 Å². The maximum atomic E-state index is 13.4. The Labute approximate surface area is 234 Å². The van der Waals surface area contributed by atoms with Crippen LogP contribution in [-0.2, 0) is 16.0 Å². The van der Waals surface area contributed by atoms with Gasteiger partial charge in [-0.1, -0.05) is 51.3 Å². The summed E-state index contributed by atoms with van der Waals surface area (Å²) < 4.78 is 5.59. The normalized spacial score (nSPS) is 30.6. The summed E-state index contributed by atoms with van der Waals surface area (Å²) in [6, 6.07) is 9.41. The van der Waals surface area contributed by atoms with Crippen molar-refractivity contribution in [3.8, 4) is 5.75 Å². The number of carbonyl (C=O) groups excluding carboxylic acids is 2. The van der Waals surface area contributed by atoms with Gasteiger partial charge >= 0.3 is 0 Å². The fourth-order valence-electron chi connectivity index (χ4n) is 7.24. The first-order chi connectivity index (χ1) is 18.7. The van der Waals surface area contributed by atoms with Crippen molar-refractivity contribution in [1.82, 2.24) is 10.3 Å². The fraction of sp³-hybridized carbons (Fsp3) is 0.633. The summed E-state index contributed by atoms with van der Waals surface area (Å²) in [7, 11) is 0. The molecule has 39 heavy (non-hydrogen) atoms. The van der Waals surface area contributed by atoms with Gasteiger partial charge in [-0.2, -0.15) is 0 Å². The van der Waals surface area contributed by atoms with Crippen molar-refractivity contribution in [3.63, 3.8) is 0 Å². The molecule has 3 aliphatic rings. The van der Waals surface area contributed by atoms with Crippen LogP contribution in [0.4, 0.5) is 5.13 Å². The fourth-order valence-corrected chi connectivity index (χ4v) is 8.32. The number of rotatable bonds is 8. The molecule has 0 saturated heterocycles. The number of hydrogen-bond acceptors (Lipinski definition) is 7. The Morgan fingerprint density at radius 1 is 1.10 bits per heavy atom. The highest BCUT2D eigenvalue weighted by atomic mass is 32.1. The molecule has 2 amide bonds. The molecule has 9 heteroatoms. The van der Waals surface area contributed by atoms with E-state index in [0.29, 0.717) is 30.1 Å². The van der Waals surface area contributed by atoms with Crippen LogP contribution >= 0.6 is 11.3 Å². The number of benzene rings is 1. The van der Waals surface area contributed by atoms with Crippen LogP contribution in [0, 0.1) is 16.7 Å². The second-order valence-corrected chi connectivity index (χ2v) is 13.2. The first-order valence-corrected chi connectivity index (χ1v) is 15.1. The van der Waals surface area contributed by atoms with Crippen LogP contribution < -0.4 is 15.4 Å². The van der Waals surface area contributed by atoms with E-state index >= 15 is 0 Å². The first kappa shape index (κ1) is 28.1. The van der Waals surface area contributed by atoms with Crippen molar-refractivity contribution in [2.24, 2.45) is 16.7 Å². The van der Waals surface area contributed by atoms with E-state index in [1.807, 2.05) is 25.1 Å². The van der Waals surface area contributed by atoms with Crippen LogP contribution in [0.1, 0.15) is 81.7 Å². The zero-order valence-electron chi connectivity index (χ0n) is 22.9. The number of aliphatic hydroxyl groups excluding tert-OH is 2. The smallest absolute Gasteiger partial charge is 0.264 e. The number of nitrogens with zero attached hydrogens (tertiary/aromatic N) is 1. The molecule has 8 nitrogen and oxygen atoms in total. The van der Waals surface area contributed by atoms with Gasteiger partial charge in [-0.25, -0.2) is 4.98 Å². The van der Waals surface area contributed by atoms with Crippen molar-refractivity contribution < 1.29 is 24.5 Å². The Balaban J connectivity index is 1.38. The molecule has 2 fully saturated rings. The van der Waals surface area contributed by atoms with Gasteiger partial charge in [-0.15, -0.1) is 11.3 Å². The van der Waals surface area contributed by atoms with Gasteiger partial charge in [0.25, 0.3) is 5.91 Å². The van der Waals surface area contributed by atoms with Crippen LogP contribution in [0.3, 0.4) is 0 Å². The van der Waals surface area contributed by atoms with E-state index in [2.05, 4.69) is 17.6 Å². The van der Waals surface area contributed by atoms with E-state index in [0.717, 1.165) is 42.7 Å². The predicted molar refractivity (Wildman–Crippen MR) is 151 cm³/mol. The van der Waals surface area contributed by atoms with Gasteiger partial charge in [0, 0.05) is 28.7 Å². The van der Waals surface area contributed by atoms with Crippen LogP contribution in [0.25, 0.3) is 0 Å². The van der Waals surface area contributed by atoms with E-state index in [4.69, 9.17) is 9.72 Å². The van der Waals surface area contributed by atoms with Crippen molar-refractivity contribution >= 4 is 28.3 Å². The minimum absolute atomic E-state index is 0.0239. The number of hydrogen-bond donors (Lipinski definition) is 4. The summed E-state index contributed by atoms with van der Waals surface area (Å²) in [6.07, 6.45) is 7.23. The highest BCUT2D eigenvalue weighted by molar-refractivity contribution is 7.15. The van der Waals surface area contributed by atoms with E-state index < -0.39 is 11.5 Å². The van der Waals surface area contributed by atoms with E-state index in [-0.39, 0.29) is 48.3 Å². The largest absolute Gasteiger partial charge is 0.484 e. The van der Waals surface area contributed by atoms with Crippen LogP contribution in [-0.4, -0.2) is 52.4 Å². The number of thiazole rings is 1. The summed E-state index contributed by atoms with van der Waals surface area (Å²) in [5.41, 5.74) is -0.132. The lowest BCUT2D eigenvalue weighted by Crippen LogP contribution is -2.57. The maximum Gasteiger partial charge on any atom is 0.264 e. The molecule has 2 aromatic rings. The van der Waals surface area contributed by atoms with Crippen molar-refractivity contribution in [1.29, 1.82) is 0 Å². The molecule has 4 N–H and O–H groups in total. The molecule has 0 radical (unpaired) electrons. The number of aliphatic hydroxyl groups is 2. The summed E-state index contributed by atoms with van der Waals surface area (Å²) >= 11 is 1.43. The van der Waals surface area contributed by atoms with Crippen molar-refractivity contribution in [2.75, 3.05) is 18.5 Å². The average Bonchev–Trinajstić information content (AvgIpc) is 3.34. The molecule has 5 unspecified atom stereocenters. The van der Waals surface area contributed by atoms with E-state index in [9.17, 15) is 19.8 Å². The van der Waals surface area contributed by atoms with Crippen LogP contribution in [0.5, 0.6) is 5.75 Å². The van der Waals surface area contributed by atoms with Crippen molar-refractivity contribution in [3.05, 3.63) is 40.9 Å². The monoisotopic (exact) mass is 555 g/mol. The minimum Gasteiger partial charge on any atom is -0.484 e. The lowest BCUT2D eigenvalue weighted by molar-refractivity contribution is -0.144. The number of para-hydroxylation sites is 1. The van der Waals surface area contributed by atoms with Gasteiger partial charge in [0.2, 0.25) is 5.91 Å². The van der Waals surface area contributed by atoms with E-state index in [1.165, 1.54) is 17.8 Å². The molecule has 0 bridgehead atoms. The molecule has 5 rings (SSSR count). The first-order valence-electron chi connectivity index (χ1n) is 14.3. The standard InChI is InChI=1S/C30H41N3O5S/c1-29-14-13-24(35)30(2,18-34)23(29)16-22-27(21(29)15-25(36)31-19-9-5-3-6-10-19)33-28(39-22)32-26(37)17-38-20-11-7-4-8-12-20/h4,7-8,11-12,19,21,23-24,34-35H,3,5-6,9-10,13-18H2,1-2H3,(H,31,36)(H,32,33,37). The highest BCUT2D eigenvalue weighted by Gasteiger charge is 2.59. The third-order valence-electron chi connectivity index (χ3n) is 9.61. The predicted octanol–water partition coefficient (Wildman–Crippen LogP) is 4.42. The summed E-state index contributed by atoms with van der Waals surface area (Å²) in [5, 5.41) is 28.1. The number of nitrogens with one attached hydrogen (secondary N) is 2. The minimum atomic E-state index is -0.681. The lowest BCUT2D eigenvalue weighted by Gasteiger charge is -2.58. The number of anilines is 1. The molecule has 1 aromatic heterocycles. The Morgan fingerprint density at radius 3 is 2.56 bits per heavy atom. The number of ether oxygens (including phenoxy) is 1. The molecular formula is C30H41N3O5S. The number of amides is 2. The highest BCUT2D eigenvalue weighted by Crippen LogP contribution is 2.62. The summed E-state index contributed by atoms with van der Waals surface area (Å²) in [4.78, 5) is 32.0. The molecule has 212 valence electrons. The van der Waals surface area contributed by atoms with Gasteiger partial charge in [0.15, 0.2) is 11.7 Å². The van der Waals surface area contributed by atoms with Gasteiger partial charge < -0.3 is 20.3 Å². The Morgan fingerprint density at radius 2 is 1.85 bits per heavy atom. The van der Waals surface area contributed by atoms with Crippen LogP contribution in [0.15, 0.2) is 30.3 Å². The zero-order valence-corrected chi connectivity index (χ0v) is 23.8. The molecule has 3 aliphatic carbocycles. The average molecular weight is 556 g/mol. The van der Waals surface area contributed by atoms with Gasteiger partial charge in [-0.05, 0) is 55.6 Å². The molecule has 1 aromatic carbocycles. The summed E-state index contributed by atoms with van der Waals surface area (Å²) in [5.74, 6) is 0.163. The number of fused-ring (bicyclic) bond motifs is 2. The molecule has 5 atom stereocenters. The van der Waals surface area contributed by atoms with Gasteiger partial charge in [0.1, 0.15) is 5.75 Å². The molecular weight excluding hydrogens is 514 g/mol. The second-order valence-electron chi connectivity index (χ2n) is 12.1. The quantitative estimate of drug-likeness (QED) is 0.383. The molecule has 2 saturated carbocycles. The maximum absolute atomic E-state index is 13.4. The lowest BCUT2D eigenvalue weighted by atomic mass is 9.47. The number of aromatic nitrogens is 1. The second kappa shape index (κ2) is 11.6. The molecule has 0 aliphatic heterocycles. The summed E-state index contributed by atoms with van der Waals surface area (Å²) in [6.45, 7) is 3.92. The van der Waals surface area contributed by atoms with Crippen LogP contribution in [0.2, 0.25) is 0 Å². The zero-order chi connectivity index (χ0) is 27.6. The molecule has 1 heterocycles. The SMILES string of the molecule is CC1(CO)C(O)CCC2(C)C(CC(=O)NC3CCCCC3)c3nc(NC(=O)COc4ccccc4)sc3CC12. The Bertz CT molecular complexity index is 1170. The third-order valence-corrected chi connectivity index (χ3v) is 10.6. The third kappa shape index (κ3) is 5.72. The Kier molecular flexibility index (Phi) is 8.31. The van der Waals surface area contributed by atoms with Crippen molar-refractivity contribution in [2.45, 2.75) is 89.7 Å². The topological polar surface area (TPSA) is 121 Å².